The summed E-state index contributed by atoms with van der Waals surface area (Å²) < 4.78 is 0. The lowest BCUT2D eigenvalue weighted by atomic mass is 9.87. The summed E-state index contributed by atoms with van der Waals surface area (Å²) in [6.07, 6.45) is 5.52. The van der Waals surface area contributed by atoms with Gasteiger partial charge >= 0.3 is 0 Å². The second-order valence-corrected chi connectivity index (χ2v) is 6.49. The quantitative estimate of drug-likeness (QED) is 0.793. The maximum absolute atomic E-state index is 3.66. The molecule has 2 atom stereocenters. The Hall–Kier alpha value is -0.0800. The van der Waals surface area contributed by atoms with Gasteiger partial charge in [-0.05, 0) is 31.8 Å². The largest absolute Gasteiger partial charge is 0.313 e. The van der Waals surface area contributed by atoms with Crippen LogP contribution < -0.4 is 5.32 Å². The van der Waals surface area contributed by atoms with Gasteiger partial charge in [0.1, 0.15) is 0 Å². The highest BCUT2D eigenvalue weighted by molar-refractivity contribution is 4.88. The molecule has 96 valence electrons. The van der Waals surface area contributed by atoms with Crippen LogP contribution in [-0.4, -0.2) is 37.1 Å². The van der Waals surface area contributed by atoms with Crippen LogP contribution in [0.3, 0.4) is 0 Å². The zero-order chi connectivity index (χ0) is 12.2. The van der Waals surface area contributed by atoms with Crippen LogP contribution in [0.25, 0.3) is 0 Å². The molecular weight excluding hydrogens is 196 g/mol. The number of hydrogen-bond donors (Lipinski definition) is 1. The summed E-state index contributed by atoms with van der Waals surface area (Å²) in [6, 6.07) is 1.46. The van der Waals surface area contributed by atoms with Crippen molar-refractivity contribution in [3.05, 3.63) is 0 Å². The van der Waals surface area contributed by atoms with Crippen LogP contribution in [0.1, 0.15) is 53.4 Å². The summed E-state index contributed by atoms with van der Waals surface area (Å²) >= 11 is 0. The predicted molar refractivity (Wildman–Crippen MR) is 71.8 cm³/mol. The minimum Gasteiger partial charge on any atom is -0.313 e. The van der Waals surface area contributed by atoms with E-state index in [-0.39, 0.29) is 0 Å². The van der Waals surface area contributed by atoms with Gasteiger partial charge in [-0.3, -0.25) is 0 Å². The van der Waals surface area contributed by atoms with Gasteiger partial charge in [0.25, 0.3) is 0 Å². The third kappa shape index (κ3) is 4.42. The molecule has 16 heavy (non-hydrogen) atoms. The van der Waals surface area contributed by atoms with Crippen molar-refractivity contribution in [2.75, 3.05) is 20.1 Å². The van der Waals surface area contributed by atoms with Crippen LogP contribution in [0.15, 0.2) is 0 Å². The molecule has 2 unspecified atom stereocenters. The van der Waals surface area contributed by atoms with E-state index in [0.29, 0.717) is 11.5 Å². The number of likely N-dealkylation sites (N-methyl/N-ethyl adjacent to an activating group) is 2. The highest BCUT2D eigenvalue weighted by Gasteiger charge is 2.29. The molecule has 2 heteroatoms. The fourth-order valence-corrected chi connectivity index (χ4v) is 3.00. The van der Waals surface area contributed by atoms with Crippen LogP contribution in [-0.2, 0) is 0 Å². The summed E-state index contributed by atoms with van der Waals surface area (Å²) in [5.74, 6) is 0. The van der Waals surface area contributed by atoms with Crippen molar-refractivity contribution >= 4 is 0 Å². The van der Waals surface area contributed by atoms with Crippen LogP contribution in [0.5, 0.6) is 0 Å². The minimum atomic E-state index is 0.406. The standard InChI is InChI=1S/C14H30N2/c1-6-15-12-9-7-8-10-13(12)16(5)11-14(2,3)4/h12-13,15H,6-11H2,1-5H3. The van der Waals surface area contributed by atoms with E-state index in [4.69, 9.17) is 0 Å². The molecular formula is C14H30N2. The van der Waals surface area contributed by atoms with Gasteiger partial charge in [0.2, 0.25) is 0 Å². The molecule has 0 spiro atoms. The molecule has 0 bridgehead atoms. The minimum absolute atomic E-state index is 0.406. The summed E-state index contributed by atoms with van der Waals surface area (Å²) in [4.78, 5) is 2.58. The van der Waals surface area contributed by atoms with E-state index in [1.807, 2.05) is 0 Å². The lowest BCUT2D eigenvalue weighted by Gasteiger charge is -2.41. The van der Waals surface area contributed by atoms with Gasteiger partial charge in [-0.1, -0.05) is 40.5 Å². The first-order valence-electron chi connectivity index (χ1n) is 6.87. The summed E-state index contributed by atoms with van der Waals surface area (Å²) in [6.45, 7) is 11.5. The molecule has 0 aromatic rings. The normalized spacial score (nSPS) is 27.4. The zero-order valence-corrected chi connectivity index (χ0v) is 11.8. The Bertz CT molecular complexity index is 193. The van der Waals surface area contributed by atoms with Crippen molar-refractivity contribution in [2.45, 2.75) is 65.5 Å². The fourth-order valence-electron chi connectivity index (χ4n) is 3.00. The van der Waals surface area contributed by atoms with E-state index < -0.39 is 0 Å². The molecule has 0 amide bonds. The monoisotopic (exact) mass is 226 g/mol. The Morgan fingerprint density at radius 3 is 2.38 bits per heavy atom. The van der Waals surface area contributed by atoms with E-state index in [2.05, 4.69) is 45.0 Å². The molecule has 2 nitrogen and oxygen atoms in total. The van der Waals surface area contributed by atoms with Crippen molar-refractivity contribution in [1.82, 2.24) is 10.2 Å². The van der Waals surface area contributed by atoms with Gasteiger partial charge in [0, 0.05) is 18.6 Å². The molecule has 1 fully saturated rings. The van der Waals surface area contributed by atoms with Crippen LogP contribution in [0, 0.1) is 5.41 Å². The maximum Gasteiger partial charge on any atom is 0.0246 e. The van der Waals surface area contributed by atoms with E-state index in [1.165, 1.54) is 32.2 Å². The van der Waals surface area contributed by atoms with E-state index in [0.717, 1.165) is 12.6 Å². The topological polar surface area (TPSA) is 15.3 Å². The van der Waals surface area contributed by atoms with Gasteiger partial charge in [-0.15, -0.1) is 0 Å². The Balaban J connectivity index is 2.53. The first kappa shape index (κ1) is 14.0. The first-order valence-corrected chi connectivity index (χ1v) is 6.87. The molecule has 0 heterocycles. The highest BCUT2D eigenvalue weighted by Crippen LogP contribution is 2.25. The Morgan fingerprint density at radius 2 is 1.81 bits per heavy atom. The Kier molecular flexibility index (Phi) is 5.26. The van der Waals surface area contributed by atoms with Gasteiger partial charge in [-0.2, -0.15) is 0 Å². The molecule has 1 aliphatic carbocycles. The summed E-state index contributed by atoms with van der Waals surface area (Å²) in [5, 5.41) is 3.66. The Labute approximate surface area is 102 Å². The lowest BCUT2D eigenvalue weighted by molar-refractivity contribution is 0.113. The second-order valence-electron chi connectivity index (χ2n) is 6.49. The van der Waals surface area contributed by atoms with Crippen molar-refractivity contribution in [1.29, 1.82) is 0 Å². The smallest absolute Gasteiger partial charge is 0.0246 e. The molecule has 1 N–H and O–H groups in total. The molecule has 0 aromatic heterocycles. The van der Waals surface area contributed by atoms with Crippen LogP contribution in [0.2, 0.25) is 0 Å². The molecule has 1 aliphatic rings. The van der Waals surface area contributed by atoms with Gasteiger partial charge in [0.15, 0.2) is 0 Å². The molecule has 1 rings (SSSR count). The SMILES string of the molecule is CCNC1CCCCC1N(C)CC(C)(C)C. The first-order chi connectivity index (χ1) is 7.44. The summed E-state index contributed by atoms with van der Waals surface area (Å²) in [5.41, 5.74) is 0.406. The molecule has 1 saturated carbocycles. The van der Waals surface area contributed by atoms with Crippen molar-refractivity contribution in [3.8, 4) is 0 Å². The zero-order valence-electron chi connectivity index (χ0n) is 11.8. The summed E-state index contributed by atoms with van der Waals surface area (Å²) in [7, 11) is 2.30. The van der Waals surface area contributed by atoms with E-state index in [1.54, 1.807) is 0 Å². The fraction of sp³-hybridized carbons (Fsp3) is 1.00. The van der Waals surface area contributed by atoms with Gasteiger partial charge in [-0.25, -0.2) is 0 Å². The van der Waals surface area contributed by atoms with Crippen LogP contribution >= 0.6 is 0 Å². The number of hydrogen-bond acceptors (Lipinski definition) is 2. The Morgan fingerprint density at radius 1 is 1.19 bits per heavy atom. The maximum atomic E-state index is 3.66. The number of rotatable bonds is 4. The highest BCUT2D eigenvalue weighted by atomic mass is 15.2. The number of nitrogens with zero attached hydrogens (tertiary/aromatic N) is 1. The van der Waals surface area contributed by atoms with E-state index >= 15 is 0 Å². The average Bonchev–Trinajstić information content (AvgIpc) is 2.16. The number of nitrogens with one attached hydrogen (secondary N) is 1. The van der Waals surface area contributed by atoms with Gasteiger partial charge < -0.3 is 10.2 Å². The lowest BCUT2D eigenvalue weighted by Crippen LogP contribution is -2.52. The van der Waals surface area contributed by atoms with Crippen molar-refractivity contribution < 1.29 is 0 Å². The van der Waals surface area contributed by atoms with Crippen molar-refractivity contribution in [2.24, 2.45) is 5.41 Å². The van der Waals surface area contributed by atoms with Gasteiger partial charge in [0.05, 0.1) is 0 Å². The van der Waals surface area contributed by atoms with E-state index in [9.17, 15) is 0 Å². The molecule has 0 saturated heterocycles. The second kappa shape index (κ2) is 6.02. The molecule has 0 aliphatic heterocycles. The van der Waals surface area contributed by atoms with Crippen LogP contribution in [0.4, 0.5) is 0 Å². The predicted octanol–water partition coefficient (Wildman–Crippen LogP) is 2.89. The molecule has 0 radical (unpaired) electrons. The van der Waals surface area contributed by atoms with Crippen molar-refractivity contribution in [3.63, 3.8) is 0 Å². The third-order valence-electron chi connectivity index (χ3n) is 3.49. The third-order valence-corrected chi connectivity index (χ3v) is 3.49. The average molecular weight is 226 g/mol. The molecule has 0 aromatic carbocycles.